The number of nitrogens with two attached hydrogens (primary N) is 1. The first-order valence-corrected chi connectivity index (χ1v) is 7.16. The summed E-state index contributed by atoms with van der Waals surface area (Å²) in [6.45, 7) is 3.92. The molecule has 1 atom stereocenters. The highest BCUT2D eigenvalue weighted by Gasteiger charge is 2.17. The van der Waals surface area contributed by atoms with Crippen LogP contribution in [0.5, 0.6) is 0 Å². The van der Waals surface area contributed by atoms with Gasteiger partial charge in [-0.3, -0.25) is 4.79 Å². The average molecular weight is 333 g/mol. The smallest absolute Gasteiger partial charge is 0.245 e. The second-order valence-electron chi connectivity index (χ2n) is 4.79. The van der Waals surface area contributed by atoms with Gasteiger partial charge in [-0.2, -0.15) is 0 Å². The van der Waals surface area contributed by atoms with Crippen molar-refractivity contribution in [3.8, 4) is 0 Å². The molecule has 0 bridgehead atoms. The van der Waals surface area contributed by atoms with Gasteiger partial charge in [-0.1, -0.05) is 46.3 Å². The molecule has 0 aromatic heterocycles. The Kier molecular flexibility index (Phi) is 4.57. The number of aryl methyl sites for hydroxylation is 2. The van der Waals surface area contributed by atoms with E-state index in [-0.39, 0.29) is 5.91 Å². The lowest BCUT2D eigenvalue weighted by Crippen LogP contribution is -2.28. The Labute approximate surface area is 127 Å². The van der Waals surface area contributed by atoms with Gasteiger partial charge in [0.2, 0.25) is 5.91 Å². The summed E-state index contributed by atoms with van der Waals surface area (Å²) in [6, 6.07) is 12.6. The molecule has 0 aliphatic carbocycles. The molecule has 1 amide bonds. The molecule has 20 heavy (non-hydrogen) atoms. The van der Waals surface area contributed by atoms with Gasteiger partial charge in [0.1, 0.15) is 6.04 Å². The molecule has 0 saturated carbocycles. The third kappa shape index (κ3) is 3.26. The molecule has 2 rings (SSSR count). The van der Waals surface area contributed by atoms with Crippen molar-refractivity contribution < 1.29 is 4.79 Å². The highest BCUT2D eigenvalue weighted by Crippen LogP contribution is 2.26. The maximum Gasteiger partial charge on any atom is 0.245 e. The fourth-order valence-electron chi connectivity index (χ4n) is 2.12. The monoisotopic (exact) mass is 332 g/mol. The van der Waals surface area contributed by atoms with Crippen molar-refractivity contribution in [1.29, 1.82) is 0 Å². The molecule has 4 heteroatoms. The molecule has 0 aliphatic heterocycles. The molecule has 0 saturated heterocycles. The van der Waals surface area contributed by atoms with Crippen LogP contribution < -0.4 is 11.1 Å². The Hall–Kier alpha value is -1.65. The van der Waals surface area contributed by atoms with E-state index in [2.05, 4.69) is 21.2 Å². The maximum atomic E-state index is 12.3. The molecular formula is C16H17BrN2O. The Bertz CT molecular complexity index is 603. The van der Waals surface area contributed by atoms with Crippen molar-refractivity contribution in [2.45, 2.75) is 19.9 Å². The molecule has 0 heterocycles. The Morgan fingerprint density at radius 3 is 2.25 bits per heavy atom. The predicted molar refractivity (Wildman–Crippen MR) is 85.6 cm³/mol. The first kappa shape index (κ1) is 14.8. The number of hydrogen-bond acceptors (Lipinski definition) is 2. The van der Waals surface area contributed by atoms with E-state index in [1.54, 1.807) is 0 Å². The van der Waals surface area contributed by atoms with Gasteiger partial charge in [-0.05, 0) is 42.7 Å². The number of carbonyl (C=O) groups excluding carboxylic acids is 1. The number of nitrogens with one attached hydrogen (secondary N) is 1. The largest absolute Gasteiger partial charge is 0.324 e. The fourth-order valence-corrected chi connectivity index (χ4v) is 2.81. The zero-order chi connectivity index (χ0) is 14.7. The normalized spacial score (nSPS) is 12.0. The van der Waals surface area contributed by atoms with Crippen LogP contribution in [0.3, 0.4) is 0 Å². The van der Waals surface area contributed by atoms with E-state index < -0.39 is 6.04 Å². The minimum atomic E-state index is -0.668. The lowest BCUT2D eigenvalue weighted by Gasteiger charge is -2.16. The predicted octanol–water partition coefficient (Wildman–Crippen LogP) is 3.70. The molecule has 0 radical (unpaired) electrons. The topological polar surface area (TPSA) is 55.1 Å². The van der Waals surface area contributed by atoms with Crippen LogP contribution in [0.15, 0.2) is 46.9 Å². The summed E-state index contributed by atoms with van der Waals surface area (Å²) < 4.78 is 0.998. The molecule has 0 fully saturated rings. The van der Waals surface area contributed by atoms with Crippen LogP contribution in [0, 0.1) is 13.8 Å². The zero-order valence-electron chi connectivity index (χ0n) is 11.5. The molecular weight excluding hydrogens is 316 g/mol. The van der Waals surface area contributed by atoms with Gasteiger partial charge in [0.05, 0.1) is 0 Å². The highest BCUT2D eigenvalue weighted by atomic mass is 79.9. The Morgan fingerprint density at radius 1 is 1.15 bits per heavy atom. The summed E-state index contributed by atoms with van der Waals surface area (Å²) in [4.78, 5) is 12.3. The van der Waals surface area contributed by atoms with Crippen molar-refractivity contribution in [1.82, 2.24) is 0 Å². The van der Waals surface area contributed by atoms with Gasteiger partial charge in [0, 0.05) is 10.2 Å². The van der Waals surface area contributed by atoms with Crippen molar-refractivity contribution in [3.63, 3.8) is 0 Å². The van der Waals surface area contributed by atoms with Gasteiger partial charge < -0.3 is 11.1 Å². The lowest BCUT2D eigenvalue weighted by atomic mass is 10.1. The van der Waals surface area contributed by atoms with E-state index in [0.717, 1.165) is 26.9 Å². The number of amides is 1. The minimum Gasteiger partial charge on any atom is -0.324 e. The second kappa shape index (κ2) is 6.20. The van der Waals surface area contributed by atoms with Crippen molar-refractivity contribution in [3.05, 3.63) is 63.6 Å². The number of carbonyl (C=O) groups is 1. The van der Waals surface area contributed by atoms with Gasteiger partial charge in [0.25, 0.3) is 0 Å². The van der Waals surface area contributed by atoms with Gasteiger partial charge in [-0.15, -0.1) is 0 Å². The van der Waals surface area contributed by atoms with E-state index in [0.29, 0.717) is 0 Å². The van der Waals surface area contributed by atoms with Gasteiger partial charge in [-0.25, -0.2) is 0 Å². The standard InChI is InChI=1S/C16H17BrN2O/c1-10-8-13(17)9-11(2)15(10)19-16(20)14(18)12-6-4-3-5-7-12/h3-9,14H,18H2,1-2H3,(H,19,20). The Morgan fingerprint density at radius 2 is 1.70 bits per heavy atom. The van der Waals surface area contributed by atoms with Crippen LogP contribution in [-0.4, -0.2) is 5.91 Å². The molecule has 0 aliphatic rings. The SMILES string of the molecule is Cc1cc(Br)cc(C)c1NC(=O)C(N)c1ccccc1. The van der Waals surface area contributed by atoms with Gasteiger partial charge in [0.15, 0.2) is 0 Å². The summed E-state index contributed by atoms with van der Waals surface area (Å²) in [7, 11) is 0. The number of halogens is 1. The van der Waals surface area contributed by atoms with E-state index in [1.165, 1.54) is 0 Å². The first-order chi connectivity index (χ1) is 9.49. The quantitative estimate of drug-likeness (QED) is 0.900. The Balaban J connectivity index is 2.20. The lowest BCUT2D eigenvalue weighted by molar-refractivity contribution is -0.117. The van der Waals surface area contributed by atoms with E-state index >= 15 is 0 Å². The van der Waals surface area contributed by atoms with Crippen LogP contribution in [-0.2, 0) is 4.79 Å². The fraction of sp³-hybridized carbons (Fsp3) is 0.188. The minimum absolute atomic E-state index is 0.204. The number of benzene rings is 2. The van der Waals surface area contributed by atoms with E-state index in [4.69, 9.17) is 5.73 Å². The number of rotatable bonds is 3. The summed E-state index contributed by atoms with van der Waals surface area (Å²) in [5, 5.41) is 2.92. The third-order valence-corrected chi connectivity index (χ3v) is 3.64. The number of anilines is 1. The highest BCUT2D eigenvalue weighted by molar-refractivity contribution is 9.10. The number of hydrogen-bond donors (Lipinski definition) is 2. The molecule has 3 nitrogen and oxygen atoms in total. The van der Waals surface area contributed by atoms with Crippen LogP contribution in [0.4, 0.5) is 5.69 Å². The molecule has 0 spiro atoms. The molecule has 3 N–H and O–H groups in total. The summed E-state index contributed by atoms with van der Waals surface area (Å²) >= 11 is 3.44. The molecule has 2 aromatic rings. The molecule has 2 aromatic carbocycles. The zero-order valence-corrected chi connectivity index (χ0v) is 13.1. The van der Waals surface area contributed by atoms with Crippen molar-refractivity contribution in [2.75, 3.05) is 5.32 Å². The van der Waals surface area contributed by atoms with Crippen molar-refractivity contribution in [2.24, 2.45) is 5.73 Å². The van der Waals surface area contributed by atoms with Crippen LogP contribution >= 0.6 is 15.9 Å². The molecule has 104 valence electrons. The van der Waals surface area contributed by atoms with Gasteiger partial charge >= 0.3 is 0 Å². The van der Waals surface area contributed by atoms with E-state index in [1.807, 2.05) is 56.3 Å². The van der Waals surface area contributed by atoms with Crippen molar-refractivity contribution >= 4 is 27.5 Å². The third-order valence-electron chi connectivity index (χ3n) is 3.19. The second-order valence-corrected chi connectivity index (χ2v) is 5.71. The van der Waals surface area contributed by atoms with E-state index in [9.17, 15) is 4.79 Å². The summed E-state index contributed by atoms with van der Waals surface area (Å²) in [6.07, 6.45) is 0. The molecule has 1 unspecified atom stereocenters. The summed E-state index contributed by atoms with van der Waals surface area (Å²) in [5.41, 5.74) is 9.63. The summed E-state index contributed by atoms with van der Waals surface area (Å²) in [5.74, 6) is -0.204. The van der Waals surface area contributed by atoms with Crippen LogP contribution in [0.2, 0.25) is 0 Å². The van der Waals surface area contributed by atoms with Crippen LogP contribution in [0.25, 0.3) is 0 Å². The van der Waals surface area contributed by atoms with Crippen LogP contribution in [0.1, 0.15) is 22.7 Å². The maximum absolute atomic E-state index is 12.3. The first-order valence-electron chi connectivity index (χ1n) is 6.37. The average Bonchev–Trinajstić information content (AvgIpc) is 2.42.